The predicted octanol–water partition coefficient (Wildman–Crippen LogP) is 4.16. The van der Waals surface area contributed by atoms with Gasteiger partial charge in [0, 0.05) is 10.9 Å². The molecule has 0 N–H and O–H groups in total. The zero-order chi connectivity index (χ0) is 15.0. The van der Waals surface area contributed by atoms with E-state index in [1.54, 1.807) is 6.07 Å². The number of fused-ring (bicyclic) bond motifs is 1. The summed E-state index contributed by atoms with van der Waals surface area (Å²) in [7, 11) is 1.22. The molecule has 0 saturated carbocycles. The second-order valence-electron chi connectivity index (χ2n) is 4.51. The van der Waals surface area contributed by atoms with Crippen LogP contribution in [-0.2, 0) is 4.74 Å². The molecular weight excluding hydrogens is 278 g/mol. The number of hydrogen-bond donors (Lipinski definition) is 0. The highest BCUT2D eigenvalue weighted by Gasteiger charge is 2.13. The van der Waals surface area contributed by atoms with E-state index >= 15 is 0 Å². The Morgan fingerprint density at radius 1 is 1.05 bits per heavy atom. The van der Waals surface area contributed by atoms with Crippen molar-refractivity contribution in [2.24, 2.45) is 0 Å². The summed E-state index contributed by atoms with van der Waals surface area (Å²) in [6, 6.07) is 9.47. The quantitative estimate of drug-likeness (QED) is 0.664. The van der Waals surface area contributed by atoms with Gasteiger partial charge in [-0.2, -0.15) is 0 Å². The van der Waals surface area contributed by atoms with Crippen LogP contribution in [-0.4, -0.2) is 13.1 Å². The molecule has 0 aliphatic heterocycles. The van der Waals surface area contributed by atoms with E-state index in [1.165, 1.54) is 37.4 Å². The van der Waals surface area contributed by atoms with Gasteiger partial charge in [-0.3, -0.25) is 0 Å². The molecule has 3 nitrogen and oxygen atoms in total. The summed E-state index contributed by atoms with van der Waals surface area (Å²) in [5.74, 6) is -1.26. The predicted molar refractivity (Wildman–Crippen MR) is 72.9 cm³/mol. The van der Waals surface area contributed by atoms with Gasteiger partial charge in [-0.25, -0.2) is 13.6 Å². The molecule has 3 aromatic rings. The molecule has 0 radical (unpaired) electrons. The molecule has 1 heterocycles. The Kier molecular flexibility index (Phi) is 3.17. The number of methoxy groups -OCH3 is 1. The average molecular weight is 288 g/mol. The molecule has 0 aliphatic carbocycles. The van der Waals surface area contributed by atoms with E-state index in [1.807, 2.05) is 0 Å². The van der Waals surface area contributed by atoms with Crippen LogP contribution in [0.3, 0.4) is 0 Å². The van der Waals surface area contributed by atoms with Crippen molar-refractivity contribution in [3.63, 3.8) is 0 Å². The molecule has 0 amide bonds. The second-order valence-corrected chi connectivity index (χ2v) is 4.51. The zero-order valence-electron chi connectivity index (χ0n) is 11.0. The molecule has 3 rings (SSSR count). The van der Waals surface area contributed by atoms with E-state index in [4.69, 9.17) is 4.42 Å². The van der Waals surface area contributed by atoms with Crippen molar-refractivity contribution in [2.45, 2.75) is 0 Å². The molecule has 0 spiro atoms. The van der Waals surface area contributed by atoms with E-state index in [2.05, 4.69) is 4.74 Å². The standard InChI is InChI=1S/C16H10F2O3/c1-20-16(19)11-4-9(6-13(18)7-11)15-8-10-5-12(17)2-3-14(10)21-15/h2-8H,1H3. The van der Waals surface area contributed by atoms with Gasteiger partial charge in [0.25, 0.3) is 0 Å². The summed E-state index contributed by atoms with van der Waals surface area (Å²) < 4.78 is 36.9. The maximum atomic E-state index is 13.6. The van der Waals surface area contributed by atoms with Crippen molar-refractivity contribution >= 4 is 16.9 Å². The highest BCUT2D eigenvalue weighted by molar-refractivity contribution is 5.91. The number of ether oxygens (including phenoxy) is 1. The van der Waals surface area contributed by atoms with Gasteiger partial charge in [0.2, 0.25) is 0 Å². The van der Waals surface area contributed by atoms with E-state index in [9.17, 15) is 13.6 Å². The number of furan rings is 1. The first-order valence-corrected chi connectivity index (χ1v) is 6.15. The zero-order valence-corrected chi connectivity index (χ0v) is 11.0. The minimum Gasteiger partial charge on any atom is -0.465 e. The normalized spacial score (nSPS) is 10.8. The van der Waals surface area contributed by atoms with Crippen LogP contribution in [0, 0.1) is 11.6 Å². The van der Waals surface area contributed by atoms with Crippen LogP contribution in [0.5, 0.6) is 0 Å². The Morgan fingerprint density at radius 3 is 2.62 bits per heavy atom. The number of carbonyl (C=O) groups is 1. The minimum absolute atomic E-state index is 0.0825. The molecule has 5 heteroatoms. The summed E-state index contributed by atoms with van der Waals surface area (Å²) >= 11 is 0. The Balaban J connectivity index is 2.13. The summed E-state index contributed by atoms with van der Waals surface area (Å²) in [5, 5.41) is 0.564. The molecule has 0 bridgehead atoms. The van der Waals surface area contributed by atoms with E-state index in [0.29, 0.717) is 22.3 Å². The molecule has 106 valence electrons. The van der Waals surface area contributed by atoms with Crippen LogP contribution >= 0.6 is 0 Å². The fraction of sp³-hybridized carbons (Fsp3) is 0.0625. The van der Waals surface area contributed by atoms with Gasteiger partial charge in [-0.15, -0.1) is 0 Å². The van der Waals surface area contributed by atoms with Crippen LogP contribution in [0.4, 0.5) is 8.78 Å². The number of esters is 1. The number of halogens is 2. The summed E-state index contributed by atoms with van der Waals surface area (Å²) in [4.78, 5) is 11.5. The molecule has 1 aromatic heterocycles. The Labute approximate surface area is 118 Å². The van der Waals surface area contributed by atoms with Crippen LogP contribution in [0.25, 0.3) is 22.3 Å². The van der Waals surface area contributed by atoms with E-state index in [0.717, 1.165) is 6.07 Å². The van der Waals surface area contributed by atoms with Crippen molar-refractivity contribution in [1.82, 2.24) is 0 Å². The van der Waals surface area contributed by atoms with Gasteiger partial charge in [0.05, 0.1) is 12.7 Å². The summed E-state index contributed by atoms with van der Waals surface area (Å²) in [6.07, 6.45) is 0. The number of benzene rings is 2. The number of rotatable bonds is 2. The van der Waals surface area contributed by atoms with Gasteiger partial charge >= 0.3 is 5.97 Å². The smallest absolute Gasteiger partial charge is 0.337 e. The average Bonchev–Trinajstić information content (AvgIpc) is 2.88. The fourth-order valence-corrected chi connectivity index (χ4v) is 2.12. The maximum Gasteiger partial charge on any atom is 0.337 e. The minimum atomic E-state index is -0.641. The van der Waals surface area contributed by atoms with Gasteiger partial charge in [-0.1, -0.05) is 0 Å². The molecule has 0 saturated heterocycles. The first-order chi connectivity index (χ1) is 10.1. The van der Waals surface area contributed by atoms with Crippen molar-refractivity contribution in [3.8, 4) is 11.3 Å². The Morgan fingerprint density at radius 2 is 1.86 bits per heavy atom. The second kappa shape index (κ2) is 5.01. The first-order valence-electron chi connectivity index (χ1n) is 6.15. The lowest BCUT2D eigenvalue weighted by molar-refractivity contribution is 0.0600. The monoisotopic (exact) mass is 288 g/mol. The summed E-state index contributed by atoms with van der Waals surface area (Å²) in [6.45, 7) is 0. The first kappa shape index (κ1) is 13.3. The molecule has 0 atom stereocenters. The third kappa shape index (κ3) is 2.50. The van der Waals surface area contributed by atoms with E-state index < -0.39 is 11.8 Å². The third-order valence-corrected chi connectivity index (χ3v) is 3.08. The SMILES string of the molecule is COC(=O)c1cc(F)cc(-c2cc3cc(F)ccc3o2)c1. The van der Waals surface area contributed by atoms with Gasteiger partial charge in [0.1, 0.15) is 23.0 Å². The lowest BCUT2D eigenvalue weighted by atomic mass is 10.1. The molecule has 2 aromatic carbocycles. The van der Waals surface area contributed by atoms with Crippen molar-refractivity contribution in [1.29, 1.82) is 0 Å². The van der Waals surface area contributed by atoms with Gasteiger partial charge in [0.15, 0.2) is 0 Å². The van der Waals surface area contributed by atoms with Gasteiger partial charge < -0.3 is 9.15 Å². The largest absolute Gasteiger partial charge is 0.465 e. The molecule has 21 heavy (non-hydrogen) atoms. The Bertz CT molecular complexity index is 837. The van der Waals surface area contributed by atoms with Crippen LogP contribution < -0.4 is 0 Å². The number of carbonyl (C=O) groups excluding carboxylic acids is 1. The molecule has 0 fully saturated rings. The molecule has 0 aliphatic rings. The molecular formula is C16H10F2O3. The number of hydrogen-bond acceptors (Lipinski definition) is 3. The van der Waals surface area contributed by atoms with Crippen molar-refractivity contribution in [2.75, 3.05) is 7.11 Å². The van der Waals surface area contributed by atoms with Crippen LogP contribution in [0.2, 0.25) is 0 Å². The summed E-state index contributed by atoms with van der Waals surface area (Å²) in [5.41, 5.74) is 0.946. The topological polar surface area (TPSA) is 39.4 Å². The van der Waals surface area contributed by atoms with Gasteiger partial charge in [-0.05, 0) is 42.5 Å². The maximum absolute atomic E-state index is 13.6. The van der Waals surface area contributed by atoms with Crippen molar-refractivity contribution < 1.29 is 22.7 Å². The van der Waals surface area contributed by atoms with Crippen LogP contribution in [0.15, 0.2) is 46.9 Å². The molecule has 0 unspecified atom stereocenters. The Hall–Kier alpha value is -2.69. The highest BCUT2D eigenvalue weighted by atomic mass is 19.1. The van der Waals surface area contributed by atoms with Crippen molar-refractivity contribution in [3.05, 3.63) is 59.7 Å². The van der Waals surface area contributed by atoms with Crippen LogP contribution in [0.1, 0.15) is 10.4 Å². The third-order valence-electron chi connectivity index (χ3n) is 3.08. The highest BCUT2D eigenvalue weighted by Crippen LogP contribution is 2.29. The van der Waals surface area contributed by atoms with E-state index in [-0.39, 0.29) is 11.4 Å². The lowest BCUT2D eigenvalue weighted by Gasteiger charge is -2.02. The fourth-order valence-electron chi connectivity index (χ4n) is 2.12. The lowest BCUT2D eigenvalue weighted by Crippen LogP contribution is -2.01.